The highest BCUT2D eigenvalue weighted by Crippen LogP contribution is 2.45. The van der Waals surface area contributed by atoms with Gasteiger partial charge in [-0.2, -0.15) is 0 Å². The first kappa shape index (κ1) is 99.6. The second-order valence-corrected chi connectivity index (χ2v) is 28.1. The van der Waals surface area contributed by atoms with E-state index in [2.05, 4.69) is 192 Å². The van der Waals surface area contributed by atoms with Crippen molar-refractivity contribution >= 4 is 39.5 Å². The summed E-state index contributed by atoms with van der Waals surface area (Å²) in [6.07, 6.45) is 95.6. The first-order valence-electron chi connectivity index (χ1n) is 39.3. The molecule has 0 saturated carbocycles. The molecule has 3 N–H and O–H groups in total. The van der Waals surface area contributed by atoms with Crippen molar-refractivity contribution in [2.75, 3.05) is 39.6 Å². The molecule has 0 fully saturated rings. The van der Waals surface area contributed by atoms with E-state index in [1.165, 1.54) is 25.7 Å². The molecule has 0 heterocycles. The normalized spacial score (nSPS) is 15.0. The van der Waals surface area contributed by atoms with Crippen LogP contribution in [0.15, 0.2) is 207 Å². The van der Waals surface area contributed by atoms with Crippen LogP contribution < -0.4 is 0 Å². The Morgan fingerprint density at radius 3 is 0.821 bits per heavy atom. The molecule has 0 spiro atoms. The van der Waals surface area contributed by atoms with Gasteiger partial charge in [0.15, 0.2) is 12.2 Å². The molecule has 0 aromatic carbocycles. The number of ether oxygens (including phenoxy) is 4. The van der Waals surface area contributed by atoms with Gasteiger partial charge in [0.25, 0.3) is 0 Å². The Kier molecular flexibility index (Phi) is 72.2. The SMILES string of the molecule is CC/C=C\C/C=C\C/C=C\C/C=C\C/C=C\C/C=C\CCC(=O)OCC(COP(=O)(O)OCC(O)COP(=O)(O)OCC(COC(=O)CC/C=C\C/C=C\C/C=C\C/C=C\C/C=C\C/C=C\CC)OC(=O)CCCCCCC/C=C\CCCCCC)OC(=O)CCCC/C=C\C/C=C\C/C=C\C/C=C\CC. The molecule has 0 radical (unpaired) electrons. The number of allylic oxidation sites excluding steroid dienone is 34. The van der Waals surface area contributed by atoms with Crippen LogP contribution in [0.3, 0.4) is 0 Å². The van der Waals surface area contributed by atoms with Crippen LogP contribution in [-0.4, -0.2) is 96.7 Å². The minimum absolute atomic E-state index is 0.0161. The molecule has 0 aromatic heterocycles. The molecule has 5 atom stereocenters. The van der Waals surface area contributed by atoms with Crippen LogP contribution in [0.1, 0.15) is 259 Å². The number of aliphatic hydroxyl groups excluding tert-OH is 1. The first-order chi connectivity index (χ1) is 51.7. The van der Waals surface area contributed by atoms with Crippen LogP contribution in [0.2, 0.25) is 0 Å². The number of carbonyl (C=O) groups excluding carboxylic acids is 4. The second-order valence-electron chi connectivity index (χ2n) is 25.1. The summed E-state index contributed by atoms with van der Waals surface area (Å²) >= 11 is 0. The molecule has 596 valence electrons. The van der Waals surface area contributed by atoms with E-state index < -0.39 is 97.5 Å². The van der Waals surface area contributed by atoms with Crippen LogP contribution in [0.4, 0.5) is 0 Å². The van der Waals surface area contributed by atoms with Gasteiger partial charge in [-0.05, 0) is 167 Å². The van der Waals surface area contributed by atoms with E-state index in [1.807, 2.05) is 42.5 Å². The minimum Gasteiger partial charge on any atom is -0.462 e. The molecule has 0 rings (SSSR count). The highest BCUT2D eigenvalue weighted by Gasteiger charge is 2.30. The third-order valence-corrected chi connectivity index (χ3v) is 17.2. The van der Waals surface area contributed by atoms with Gasteiger partial charge in [0.2, 0.25) is 0 Å². The van der Waals surface area contributed by atoms with Crippen molar-refractivity contribution in [1.82, 2.24) is 0 Å². The number of rotatable bonds is 71. The number of phosphoric acid groups is 2. The molecule has 0 aliphatic carbocycles. The lowest BCUT2D eigenvalue weighted by atomic mass is 10.1. The molecule has 0 aliphatic heterocycles. The summed E-state index contributed by atoms with van der Waals surface area (Å²) in [5.41, 5.74) is 0. The monoisotopic (exact) mass is 1510 g/mol. The maximum absolute atomic E-state index is 13.1. The highest BCUT2D eigenvalue weighted by atomic mass is 31.2. The summed E-state index contributed by atoms with van der Waals surface area (Å²) < 4.78 is 68.3. The largest absolute Gasteiger partial charge is 0.472 e. The fraction of sp³-hybridized carbons (Fsp3) is 0.563. The standard InChI is InChI=1S/C87H136O17P2/c1-5-9-13-17-21-25-29-33-36-38-40-42-45-48-51-55-59-63-67-71-84(89)97-77-82(103-86(91)73-69-65-61-57-53-47-32-28-24-20-16-12-8-4)79-101-105(93,94)99-75-81(88)76-100-106(95,96)102-80-83(104-87(92)74-70-66-62-58-54-50-44-35-31-27-23-19-15-11-7-3)78-98-85(90)72-68-64-60-56-52-49-46-43-41-39-37-34-30-26-22-18-14-10-6-2/h9-11,13-15,21-23,25-28,32-37,40-44,48-49,51-52,54,58-60,63-64,81-83,88H,5-8,12,16-20,24,29-31,38-39,45-47,50,53,55-57,61-62,65-80H2,1-4H3,(H,93,94)(H,95,96)/b13-9-,14-10-,15-11-,25-21-,26-22-,27-23-,32-28-,36-33-,37-34-,42-40-,43-41-,44-35-,51-48-,52-49-,58-54-,63-59-,64-60-. The molecule has 0 saturated heterocycles. The maximum Gasteiger partial charge on any atom is 0.472 e. The number of hydrogen-bond acceptors (Lipinski definition) is 15. The second kappa shape index (κ2) is 76.8. The Morgan fingerprint density at radius 1 is 0.274 bits per heavy atom. The number of unbranched alkanes of at least 4 members (excludes halogenated alkanes) is 11. The van der Waals surface area contributed by atoms with Gasteiger partial charge in [0, 0.05) is 25.7 Å². The molecular formula is C87H136O17P2. The lowest BCUT2D eigenvalue weighted by Crippen LogP contribution is -2.30. The molecule has 0 bridgehead atoms. The first-order valence-corrected chi connectivity index (χ1v) is 42.3. The number of esters is 4. The van der Waals surface area contributed by atoms with Crippen LogP contribution in [-0.2, 0) is 65.4 Å². The van der Waals surface area contributed by atoms with E-state index in [1.54, 1.807) is 0 Å². The summed E-state index contributed by atoms with van der Waals surface area (Å²) in [6.45, 7) is 4.24. The van der Waals surface area contributed by atoms with Crippen molar-refractivity contribution in [3.63, 3.8) is 0 Å². The number of phosphoric ester groups is 2. The van der Waals surface area contributed by atoms with Gasteiger partial charge in [0.05, 0.1) is 26.4 Å². The van der Waals surface area contributed by atoms with Crippen LogP contribution in [0.5, 0.6) is 0 Å². The predicted molar refractivity (Wildman–Crippen MR) is 435 cm³/mol. The van der Waals surface area contributed by atoms with Crippen LogP contribution >= 0.6 is 15.6 Å². The quantitative estimate of drug-likeness (QED) is 0.0169. The van der Waals surface area contributed by atoms with Gasteiger partial charge in [-0.15, -0.1) is 0 Å². The average Bonchev–Trinajstić information content (AvgIpc) is 0.933. The average molecular weight is 1520 g/mol. The molecule has 0 aliphatic rings. The summed E-state index contributed by atoms with van der Waals surface area (Å²) in [5.74, 6) is -2.46. The fourth-order valence-electron chi connectivity index (χ4n) is 9.37. The number of aliphatic hydroxyl groups is 1. The molecular weight excluding hydrogens is 1380 g/mol. The lowest BCUT2D eigenvalue weighted by Gasteiger charge is -2.21. The van der Waals surface area contributed by atoms with Gasteiger partial charge in [-0.3, -0.25) is 37.3 Å². The Balaban J connectivity index is 5.54. The number of carbonyl (C=O) groups is 4. The van der Waals surface area contributed by atoms with Gasteiger partial charge >= 0.3 is 39.5 Å². The van der Waals surface area contributed by atoms with Gasteiger partial charge in [-0.25, -0.2) is 9.13 Å². The van der Waals surface area contributed by atoms with Crippen molar-refractivity contribution < 1.29 is 80.2 Å². The van der Waals surface area contributed by atoms with E-state index >= 15 is 0 Å². The number of hydrogen-bond donors (Lipinski definition) is 3. The molecule has 5 unspecified atom stereocenters. The van der Waals surface area contributed by atoms with Gasteiger partial charge < -0.3 is 33.8 Å². The van der Waals surface area contributed by atoms with Gasteiger partial charge in [-0.1, -0.05) is 273 Å². The van der Waals surface area contributed by atoms with E-state index in [0.29, 0.717) is 44.9 Å². The molecule has 106 heavy (non-hydrogen) atoms. The van der Waals surface area contributed by atoms with E-state index in [9.17, 15) is 43.2 Å². The zero-order chi connectivity index (χ0) is 77.4. The van der Waals surface area contributed by atoms with Crippen LogP contribution in [0, 0.1) is 0 Å². The van der Waals surface area contributed by atoms with E-state index in [4.69, 9.17) is 37.0 Å². The Labute approximate surface area is 639 Å². The van der Waals surface area contributed by atoms with Crippen molar-refractivity contribution in [1.29, 1.82) is 0 Å². The summed E-state index contributed by atoms with van der Waals surface area (Å²) in [7, 11) is -10.0. The zero-order valence-electron chi connectivity index (χ0n) is 65.0. The topological polar surface area (TPSA) is 237 Å². The molecule has 0 amide bonds. The molecule has 17 nitrogen and oxygen atoms in total. The third-order valence-electron chi connectivity index (χ3n) is 15.3. The lowest BCUT2D eigenvalue weighted by molar-refractivity contribution is -0.161. The van der Waals surface area contributed by atoms with Crippen molar-refractivity contribution in [2.24, 2.45) is 0 Å². The molecule has 19 heteroatoms. The molecule has 0 aromatic rings. The highest BCUT2D eigenvalue weighted by molar-refractivity contribution is 7.47. The van der Waals surface area contributed by atoms with Gasteiger partial charge in [0.1, 0.15) is 19.3 Å². The maximum atomic E-state index is 13.1. The smallest absolute Gasteiger partial charge is 0.462 e. The predicted octanol–water partition coefficient (Wildman–Crippen LogP) is 23.1. The van der Waals surface area contributed by atoms with Crippen LogP contribution in [0.25, 0.3) is 0 Å². The Hall–Kier alpha value is -6.36. The zero-order valence-corrected chi connectivity index (χ0v) is 66.8. The summed E-state index contributed by atoms with van der Waals surface area (Å²) in [4.78, 5) is 72.9. The summed E-state index contributed by atoms with van der Waals surface area (Å²) in [6, 6.07) is 0. The fourth-order valence-corrected chi connectivity index (χ4v) is 11.0. The van der Waals surface area contributed by atoms with E-state index in [-0.39, 0.29) is 25.7 Å². The Bertz CT molecular complexity index is 2830. The van der Waals surface area contributed by atoms with Crippen molar-refractivity contribution in [2.45, 2.75) is 277 Å². The minimum atomic E-state index is -5.02. The summed E-state index contributed by atoms with van der Waals surface area (Å²) in [5, 5.41) is 10.6. The third kappa shape index (κ3) is 75.9. The van der Waals surface area contributed by atoms with E-state index in [0.717, 1.165) is 135 Å². The van der Waals surface area contributed by atoms with Crippen molar-refractivity contribution in [3.8, 4) is 0 Å². The van der Waals surface area contributed by atoms with Crippen molar-refractivity contribution in [3.05, 3.63) is 207 Å². The Morgan fingerprint density at radius 2 is 0.509 bits per heavy atom.